The number of fused-ring (bicyclic) bond motifs is 7. The van der Waals surface area contributed by atoms with Gasteiger partial charge in [-0.25, -0.2) is 0 Å². The van der Waals surface area contributed by atoms with Crippen LogP contribution in [0.1, 0.15) is 59.3 Å². The fourth-order valence-electron chi connectivity index (χ4n) is 8.12. The molecule has 6 heteroatoms. The summed E-state index contributed by atoms with van der Waals surface area (Å²) in [6, 6.07) is 0. The number of rotatable bonds is 4. The van der Waals surface area contributed by atoms with Crippen molar-refractivity contribution in [3.05, 3.63) is 23.8 Å². The summed E-state index contributed by atoms with van der Waals surface area (Å²) in [6.07, 6.45) is 8.31. The van der Waals surface area contributed by atoms with Gasteiger partial charge in [-0.05, 0) is 56.1 Å². The topological polar surface area (TPSA) is 93.1 Å². The molecule has 5 rings (SSSR count). The van der Waals surface area contributed by atoms with Gasteiger partial charge >= 0.3 is 0 Å². The number of allylic oxidation sites excluding steroid dienone is 4. The Morgan fingerprint density at radius 2 is 2.10 bits per heavy atom. The smallest absolute Gasteiger partial charge is 0.193 e. The van der Waals surface area contributed by atoms with Crippen LogP contribution in [0.4, 0.5) is 0 Å². The first-order valence-corrected chi connectivity index (χ1v) is 11.8. The van der Waals surface area contributed by atoms with E-state index in [-0.39, 0.29) is 34.7 Å². The Balaban J connectivity index is 1.55. The van der Waals surface area contributed by atoms with Gasteiger partial charge in [-0.15, -0.1) is 0 Å². The average Bonchev–Trinajstić information content (AvgIpc) is 3.20. The second kappa shape index (κ2) is 7.08. The Bertz CT molecular complexity index is 862. The maximum atomic E-state index is 13.2. The molecule has 1 heterocycles. The lowest BCUT2D eigenvalue weighted by molar-refractivity contribution is -0.200. The van der Waals surface area contributed by atoms with E-state index >= 15 is 0 Å². The van der Waals surface area contributed by atoms with Gasteiger partial charge in [0.15, 0.2) is 23.5 Å². The number of aliphatic hydroxyl groups is 2. The van der Waals surface area contributed by atoms with E-state index in [0.717, 1.165) is 24.8 Å². The third kappa shape index (κ3) is 2.65. The highest BCUT2D eigenvalue weighted by Gasteiger charge is 2.75. The van der Waals surface area contributed by atoms with Crippen molar-refractivity contribution in [1.29, 1.82) is 0 Å². The summed E-state index contributed by atoms with van der Waals surface area (Å²) < 4.78 is 12.7. The van der Waals surface area contributed by atoms with E-state index in [1.165, 1.54) is 0 Å². The molecule has 9 atom stereocenters. The monoisotopic (exact) mass is 430 g/mol. The molecule has 4 aliphatic carbocycles. The van der Waals surface area contributed by atoms with E-state index in [1.54, 1.807) is 12.2 Å². The molecule has 0 spiro atoms. The summed E-state index contributed by atoms with van der Waals surface area (Å²) in [7, 11) is 0. The van der Waals surface area contributed by atoms with Crippen LogP contribution in [0.25, 0.3) is 0 Å². The molecule has 1 saturated heterocycles. The minimum Gasteiger partial charge on any atom is -0.393 e. The van der Waals surface area contributed by atoms with Crippen LogP contribution >= 0.6 is 0 Å². The number of hydrogen-bond acceptors (Lipinski definition) is 6. The van der Waals surface area contributed by atoms with Crippen LogP contribution < -0.4 is 0 Å². The lowest BCUT2D eigenvalue weighted by Gasteiger charge is -2.59. The van der Waals surface area contributed by atoms with Crippen molar-refractivity contribution in [3.8, 4) is 0 Å². The molecule has 6 nitrogen and oxygen atoms in total. The largest absolute Gasteiger partial charge is 0.393 e. The zero-order chi connectivity index (χ0) is 22.2. The first-order chi connectivity index (χ1) is 14.7. The third-order valence-electron chi connectivity index (χ3n) is 9.37. The van der Waals surface area contributed by atoms with Crippen LogP contribution in [0, 0.1) is 28.6 Å². The first-order valence-electron chi connectivity index (χ1n) is 11.8. The number of carbonyl (C=O) groups excluding carboxylic acids is 2. The van der Waals surface area contributed by atoms with Crippen LogP contribution in [0.15, 0.2) is 23.8 Å². The number of aliphatic hydroxyl groups excluding tert-OH is 2. The molecular formula is C25H34O6. The van der Waals surface area contributed by atoms with Gasteiger partial charge in [-0.1, -0.05) is 38.8 Å². The van der Waals surface area contributed by atoms with E-state index in [0.29, 0.717) is 19.3 Å². The molecule has 0 aromatic carbocycles. The zero-order valence-electron chi connectivity index (χ0n) is 18.7. The standard InChI is InChI=1S/C25H34O6/c1-4-5-21-30-20-11-17-16-7-6-14-10-15(27)8-9-23(14,2)22(16)18(28)12-24(17,3)25(20,31-21)19(29)13-26/h8-10,16-18,20-22,26,28H,4-7,11-13H2,1-3H3/t16-,17-,18?,20?,21?,22-,23+,24+,25-/m1/s1. The minimum absolute atomic E-state index is 0.0125. The lowest BCUT2D eigenvalue weighted by Crippen LogP contribution is -2.63. The molecule has 0 radical (unpaired) electrons. The number of hydrogen-bond donors (Lipinski definition) is 2. The van der Waals surface area contributed by atoms with Crippen molar-refractivity contribution in [2.75, 3.05) is 6.61 Å². The van der Waals surface area contributed by atoms with Crippen LogP contribution in [0.5, 0.6) is 0 Å². The molecule has 3 unspecified atom stereocenters. The van der Waals surface area contributed by atoms with Crippen molar-refractivity contribution >= 4 is 11.6 Å². The van der Waals surface area contributed by atoms with Gasteiger partial charge < -0.3 is 19.7 Å². The Hall–Kier alpha value is -1.34. The SMILES string of the molecule is CCCC1OC2C[C@@H]3[C@H]4CCC5=CC(=O)C=C[C@]5(C)[C@H]4C(O)C[C@]3(C)[C@]2(C(=O)CO)O1. The second-order valence-corrected chi connectivity index (χ2v) is 10.7. The fraction of sp³-hybridized carbons (Fsp3) is 0.760. The maximum Gasteiger partial charge on any atom is 0.193 e. The quantitative estimate of drug-likeness (QED) is 0.712. The highest BCUT2D eigenvalue weighted by molar-refractivity contribution is 6.01. The Morgan fingerprint density at radius 3 is 2.81 bits per heavy atom. The molecule has 0 amide bonds. The van der Waals surface area contributed by atoms with E-state index in [4.69, 9.17) is 9.47 Å². The predicted molar refractivity (Wildman–Crippen MR) is 113 cm³/mol. The van der Waals surface area contributed by atoms with Crippen molar-refractivity contribution in [3.63, 3.8) is 0 Å². The molecule has 5 aliphatic rings. The van der Waals surface area contributed by atoms with Gasteiger partial charge in [0.05, 0.1) is 12.2 Å². The van der Waals surface area contributed by atoms with E-state index in [9.17, 15) is 19.8 Å². The van der Waals surface area contributed by atoms with Crippen molar-refractivity contribution < 1.29 is 29.3 Å². The van der Waals surface area contributed by atoms with Gasteiger partial charge in [0.25, 0.3) is 0 Å². The summed E-state index contributed by atoms with van der Waals surface area (Å²) in [5.41, 5.74) is -1.05. The molecular weight excluding hydrogens is 396 g/mol. The van der Waals surface area contributed by atoms with Gasteiger partial charge in [-0.3, -0.25) is 9.59 Å². The Morgan fingerprint density at radius 1 is 1.32 bits per heavy atom. The van der Waals surface area contributed by atoms with Gasteiger partial charge in [0.1, 0.15) is 6.61 Å². The maximum absolute atomic E-state index is 13.2. The summed E-state index contributed by atoms with van der Waals surface area (Å²) in [5.74, 6) is 0.0274. The fourth-order valence-corrected chi connectivity index (χ4v) is 8.12. The highest BCUT2D eigenvalue weighted by atomic mass is 16.7. The zero-order valence-corrected chi connectivity index (χ0v) is 18.7. The number of ether oxygens (including phenoxy) is 2. The number of carbonyl (C=O) groups is 2. The van der Waals surface area contributed by atoms with E-state index < -0.39 is 36.1 Å². The van der Waals surface area contributed by atoms with Gasteiger partial charge in [0.2, 0.25) is 0 Å². The second-order valence-electron chi connectivity index (χ2n) is 10.7. The molecule has 1 aliphatic heterocycles. The summed E-state index contributed by atoms with van der Waals surface area (Å²) >= 11 is 0. The van der Waals surface area contributed by atoms with Gasteiger partial charge in [-0.2, -0.15) is 0 Å². The van der Waals surface area contributed by atoms with Gasteiger partial charge in [0, 0.05) is 16.7 Å². The summed E-state index contributed by atoms with van der Waals surface area (Å²) in [6.45, 7) is 5.67. The van der Waals surface area contributed by atoms with Crippen molar-refractivity contribution in [1.82, 2.24) is 0 Å². The molecule has 31 heavy (non-hydrogen) atoms. The lowest BCUT2D eigenvalue weighted by atomic mass is 9.46. The average molecular weight is 431 g/mol. The summed E-state index contributed by atoms with van der Waals surface area (Å²) in [5, 5.41) is 21.4. The van der Waals surface area contributed by atoms with Crippen LogP contribution in [-0.2, 0) is 19.1 Å². The van der Waals surface area contributed by atoms with Crippen molar-refractivity contribution in [2.24, 2.45) is 28.6 Å². The molecule has 170 valence electrons. The third-order valence-corrected chi connectivity index (χ3v) is 9.37. The van der Waals surface area contributed by atoms with Crippen molar-refractivity contribution in [2.45, 2.75) is 83.4 Å². The van der Waals surface area contributed by atoms with E-state index in [2.05, 4.69) is 20.8 Å². The Labute approximate surface area is 183 Å². The normalized spacial score (nSPS) is 50.4. The van der Waals surface area contributed by atoms with E-state index in [1.807, 2.05) is 6.08 Å². The first kappa shape index (κ1) is 21.5. The molecule has 0 aromatic rings. The molecule has 2 N–H and O–H groups in total. The molecule has 3 saturated carbocycles. The number of Topliss-reactive ketones (excluding diaryl/α,β-unsaturated/α-hetero) is 1. The van der Waals surface area contributed by atoms with Crippen LogP contribution in [-0.4, -0.2) is 52.5 Å². The van der Waals surface area contributed by atoms with Crippen LogP contribution in [0.3, 0.4) is 0 Å². The van der Waals surface area contributed by atoms with Crippen LogP contribution in [0.2, 0.25) is 0 Å². The molecule has 4 fully saturated rings. The highest BCUT2D eigenvalue weighted by Crippen LogP contribution is 2.69. The molecule has 0 aromatic heterocycles. The molecule has 0 bridgehead atoms. The number of ketones is 2. The summed E-state index contributed by atoms with van der Waals surface area (Å²) in [4.78, 5) is 25.2. The Kier molecular flexibility index (Phi) is 4.91. The minimum atomic E-state index is -1.20. The predicted octanol–water partition coefficient (Wildman–Crippen LogP) is 2.72.